The van der Waals surface area contributed by atoms with Gasteiger partial charge in [-0.3, -0.25) is 5.21 Å². The summed E-state index contributed by atoms with van der Waals surface area (Å²) >= 11 is 0. The minimum atomic E-state index is 1.02. The second-order valence-corrected chi connectivity index (χ2v) is 2.65. The topological polar surface area (TPSA) is 39.9 Å². The van der Waals surface area contributed by atoms with Crippen LogP contribution in [0.4, 0.5) is 0 Å². The Balaban J connectivity index is 2.82. The first-order valence-electron chi connectivity index (χ1n) is 3.45. The van der Waals surface area contributed by atoms with Gasteiger partial charge in [-0.25, -0.2) is 0 Å². The molecular weight excluding hydrogens is 140 g/mol. The van der Waals surface area contributed by atoms with Gasteiger partial charge in [0.1, 0.15) is 0 Å². The van der Waals surface area contributed by atoms with E-state index in [4.69, 9.17) is 5.21 Å². The van der Waals surface area contributed by atoms with Crippen molar-refractivity contribution in [2.75, 3.05) is 0 Å². The quantitative estimate of drug-likeness (QED) is 0.425. The maximum atomic E-state index is 9.04. The number of aryl methyl sites for hydroxylation is 1. The minimum Gasteiger partial charge on any atom is -0.358 e. The van der Waals surface area contributed by atoms with Crippen LogP contribution in [-0.2, 0) is 0 Å². The Bertz CT molecular complexity index is 392. The Morgan fingerprint density at radius 3 is 3.18 bits per heavy atom. The maximum Gasteiger partial charge on any atom is 0.231 e. The Morgan fingerprint density at radius 2 is 2.36 bits per heavy atom. The number of rotatable bonds is 0. The van der Waals surface area contributed by atoms with Crippen molar-refractivity contribution in [3.05, 3.63) is 30.2 Å². The molecule has 0 saturated heterocycles. The Kier molecular flexibility index (Phi) is 1.12. The molecule has 0 aromatic carbocycles. The highest BCUT2D eigenvalue weighted by atomic mass is 16.5. The van der Waals surface area contributed by atoms with Gasteiger partial charge in [0, 0.05) is 16.5 Å². The van der Waals surface area contributed by atoms with E-state index in [-0.39, 0.29) is 0 Å². The maximum absolute atomic E-state index is 9.04. The normalized spacial score (nSPS) is 10.6. The molecule has 0 spiro atoms. The molecule has 56 valence electrons. The molecule has 3 nitrogen and oxygen atoms in total. The van der Waals surface area contributed by atoms with Crippen LogP contribution in [0.3, 0.4) is 0 Å². The number of aromatic amines is 1. The monoisotopic (exact) mass is 149 g/mol. The summed E-state index contributed by atoms with van der Waals surface area (Å²) in [4.78, 5) is 3.16. The van der Waals surface area contributed by atoms with Crippen LogP contribution in [0, 0.1) is 6.92 Å². The SMILES string of the molecule is Cc1cc2c[n+](O)ccc2[nH]1. The van der Waals surface area contributed by atoms with Gasteiger partial charge in [0.15, 0.2) is 0 Å². The lowest BCUT2D eigenvalue weighted by Crippen LogP contribution is -2.27. The molecule has 0 fully saturated rings. The van der Waals surface area contributed by atoms with Crippen molar-refractivity contribution < 1.29 is 9.94 Å². The highest BCUT2D eigenvalue weighted by Crippen LogP contribution is 2.10. The van der Waals surface area contributed by atoms with E-state index in [2.05, 4.69) is 4.98 Å². The highest BCUT2D eigenvalue weighted by Gasteiger charge is 2.02. The Morgan fingerprint density at radius 1 is 1.55 bits per heavy atom. The fourth-order valence-corrected chi connectivity index (χ4v) is 1.21. The fraction of sp³-hybridized carbons (Fsp3) is 0.125. The van der Waals surface area contributed by atoms with E-state index in [0.29, 0.717) is 0 Å². The van der Waals surface area contributed by atoms with Gasteiger partial charge in [0.05, 0.1) is 10.9 Å². The summed E-state index contributed by atoms with van der Waals surface area (Å²) in [7, 11) is 0. The van der Waals surface area contributed by atoms with Gasteiger partial charge >= 0.3 is 0 Å². The van der Waals surface area contributed by atoms with Crippen molar-refractivity contribution in [2.45, 2.75) is 6.92 Å². The van der Waals surface area contributed by atoms with Gasteiger partial charge in [-0.2, -0.15) is 0 Å². The fourth-order valence-electron chi connectivity index (χ4n) is 1.21. The molecule has 0 atom stereocenters. The molecule has 2 rings (SSSR count). The number of hydrogen-bond acceptors (Lipinski definition) is 1. The van der Waals surface area contributed by atoms with E-state index >= 15 is 0 Å². The van der Waals surface area contributed by atoms with Crippen molar-refractivity contribution in [1.82, 2.24) is 4.98 Å². The predicted octanol–water partition coefficient (Wildman–Crippen LogP) is 1.00. The molecule has 2 aromatic rings. The minimum absolute atomic E-state index is 1.02. The first-order valence-corrected chi connectivity index (χ1v) is 3.45. The first kappa shape index (κ1) is 6.22. The third kappa shape index (κ3) is 0.941. The van der Waals surface area contributed by atoms with Crippen LogP contribution in [0.25, 0.3) is 10.9 Å². The second kappa shape index (κ2) is 1.99. The molecule has 0 aliphatic rings. The molecule has 0 unspecified atom stereocenters. The molecular formula is C8H9N2O+. The van der Waals surface area contributed by atoms with E-state index < -0.39 is 0 Å². The largest absolute Gasteiger partial charge is 0.358 e. The molecule has 2 heterocycles. The summed E-state index contributed by atoms with van der Waals surface area (Å²) in [5, 5.41) is 10.1. The lowest BCUT2D eigenvalue weighted by atomic mass is 10.3. The van der Waals surface area contributed by atoms with E-state index in [1.165, 1.54) is 0 Å². The van der Waals surface area contributed by atoms with Gasteiger partial charge in [0.2, 0.25) is 12.4 Å². The number of pyridine rings is 1. The zero-order valence-electron chi connectivity index (χ0n) is 6.20. The zero-order valence-corrected chi connectivity index (χ0v) is 6.20. The van der Waals surface area contributed by atoms with E-state index in [9.17, 15) is 0 Å². The zero-order chi connectivity index (χ0) is 7.84. The molecule has 2 aromatic heterocycles. The molecule has 0 radical (unpaired) electrons. The molecule has 0 bridgehead atoms. The second-order valence-electron chi connectivity index (χ2n) is 2.65. The van der Waals surface area contributed by atoms with E-state index in [1.807, 2.05) is 19.1 Å². The third-order valence-electron chi connectivity index (χ3n) is 1.68. The number of aromatic nitrogens is 2. The van der Waals surface area contributed by atoms with Crippen molar-refractivity contribution in [1.29, 1.82) is 0 Å². The number of nitrogens with zero attached hydrogens (tertiary/aromatic N) is 1. The smallest absolute Gasteiger partial charge is 0.231 e. The lowest BCUT2D eigenvalue weighted by Gasteiger charge is -1.83. The van der Waals surface area contributed by atoms with Gasteiger partial charge in [0.25, 0.3) is 0 Å². The third-order valence-corrected chi connectivity index (χ3v) is 1.68. The van der Waals surface area contributed by atoms with Crippen LogP contribution >= 0.6 is 0 Å². The number of nitrogens with one attached hydrogen (secondary N) is 1. The van der Waals surface area contributed by atoms with Crippen LogP contribution in [0.2, 0.25) is 0 Å². The van der Waals surface area contributed by atoms with Crippen molar-refractivity contribution >= 4 is 10.9 Å². The van der Waals surface area contributed by atoms with Gasteiger partial charge in [-0.1, -0.05) is 0 Å². The Labute approximate surface area is 63.9 Å². The van der Waals surface area contributed by atoms with Crippen LogP contribution in [0.5, 0.6) is 0 Å². The summed E-state index contributed by atoms with van der Waals surface area (Å²) in [6.07, 6.45) is 3.26. The van der Waals surface area contributed by atoms with Gasteiger partial charge in [-0.15, -0.1) is 0 Å². The summed E-state index contributed by atoms with van der Waals surface area (Å²) in [5.41, 5.74) is 2.15. The molecule has 0 aliphatic heterocycles. The number of fused-ring (bicyclic) bond motifs is 1. The molecule has 11 heavy (non-hydrogen) atoms. The molecule has 2 N–H and O–H groups in total. The average Bonchev–Trinajstić information content (AvgIpc) is 2.27. The van der Waals surface area contributed by atoms with Crippen molar-refractivity contribution in [3.8, 4) is 0 Å². The predicted molar refractivity (Wildman–Crippen MR) is 40.4 cm³/mol. The number of H-pyrrole nitrogens is 1. The van der Waals surface area contributed by atoms with E-state index in [0.717, 1.165) is 21.3 Å². The molecule has 0 amide bonds. The van der Waals surface area contributed by atoms with Crippen LogP contribution in [-0.4, -0.2) is 10.2 Å². The van der Waals surface area contributed by atoms with Crippen LogP contribution < -0.4 is 4.73 Å². The number of hydrogen-bond donors (Lipinski definition) is 2. The van der Waals surface area contributed by atoms with E-state index in [1.54, 1.807) is 12.4 Å². The van der Waals surface area contributed by atoms with Crippen molar-refractivity contribution in [2.24, 2.45) is 0 Å². The Hall–Kier alpha value is -1.51. The standard InChI is InChI=1S/C8H8N2O/c1-6-4-7-5-10(11)3-2-8(7)9-6/h2-5,11H,1H3/p+1. The molecule has 3 heteroatoms. The summed E-state index contributed by atoms with van der Waals surface area (Å²) in [6, 6.07) is 3.82. The van der Waals surface area contributed by atoms with Gasteiger partial charge < -0.3 is 4.98 Å². The van der Waals surface area contributed by atoms with Crippen molar-refractivity contribution in [3.63, 3.8) is 0 Å². The van der Waals surface area contributed by atoms with Gasteiger partial charge in [-0.05, 0) is 13.0 Å². The van der Waals surface area contributed by atoms with Crippen LogP contribution in [0.1, 0.15) is 5.69 Å². The summed E-state index contributed by atoms with van der Waals surface area (Å²) in [5.74, 6) is 0. The molecule has 0 aliphatic carbocycles. The highest BCUT2D eigenvalue weighted by molar-refractivity contribution is 5.78. The summed E-state index contributed by atoms with van der Waals surface area (Å²) < 4.78 is 1.05. The van der Waals surface area contributed by atoms with Crippen LogP contribution in [0.15, 0.2) is 24.5 Å². The molecule has 0 saturated carbocycles. The average molecular weight is 149 g/mol. The summed E-state index contributed by atoms with van der Waals surface area (Å²) in [6.45, 7) is 1.99. The first-order chi connectivity index (χ1) is 5.25. The lowest BCUT2D eigenvalue weighted by molar-refractivity contribution is -0.903.